The minimum Gasteiger partial charge on any atom is -0.340 e. The van der Waals surface area contributed by atoms with E-state index in [1.165, 1.54) is 11.3 Å². The molecule has 0 saturated heterocycles. The van der Waals surface area contributed by atoms with Crippen molar-refractivity contribution in [2.45, 2.75) is 32.7 Å². The molecular formula is C13H16N2OS2. The van der Waals surface area contributed by atoms with Crippen molar-refractivity contribution in [3.05, 3.63) is 38.5 Å². The molecule has 3 nitrogen and oxygen atoms in total. The lowest BCUT2D eigenvalue weighted by Gasteiger charge is -2.27. The zero-order chi connectivity index (χ0) is 13.2. The average Bonchev–Trinajstić information content (AvgIpc) is 2.99. The van der Waals surface area contributed by atoms with Crippen molar-refractivity contribution in [3.8, 4) is 0 Å². The summed E-state index contributed by atoms with van der Waals surface area (Å²) >= 11 is 3.12. The summed E-state index contributed by atoms with van der Waals surface area (Å²) in [4.78, 5) is 16.6. The van der Waals surface area contributed by atoms with Crippen LogP contribution >= 0.6 is 22.7 Å². The Morgan fingerprint density at radius 3 is 2.78 bits per heavy atom. The van der Waals surface area contributed by atoms with Crippen LogP contribution in [-0.4, -0.2) is 10.9 Å². The second kappa shape index (κ2) is 5.20. The zero-order valence-corrected chi connectivity index (χ0v) is 12.3. The van der Waals surface area contributed by atoms with Crippen LogP contribution in [0.15, 0.2) is 22.2 Å². The number of amides is 1. The zero-order valence-electron chi connectivity index (χ0n) is 10.7. The van der Waals surface area contributed by atoms with Gasteiger partial charge in [-0.25, -0.2) is 4.98 Å². The average molecular weight is 280 g/mol. The molecule has 0 spiro atoms. The maximum Gasteiger partial charge on any atom is 0.252 e. The number of aromatic nitrogens is 1. The lowest BCUT2D eigenvalue weighted by Crippen LogP contribution is -2.42. The summed E-state index contributed by atoms with van der Waals surface area (Å²) in [5.74, 6) is -0.0338. The first-order valence-corrected chi connectivity index (χ1v) is 7.65. The maximum absolute atomic E-state index is 12.1. The third-order valence-corrected chi connectivity index (χ3v) is 4.88. The topological polar surface area (TPSA) is 42.0 Å². The third kappa shape index (κ3) is 2.62. The summed E-state index contributed by atoms with van der Waals surface area (Å²) in [6.07, 6.45) is 0.815. The largest absolute Gasteiger partial charge is 0.340 e. The Morgan fingerprint density at radius 1 is 1.50 bits per heavy atom. The van der Waals surface area contributed by atoms with Crippen LogP contribution < -0.4 is 5.32 Å². The summed E-state index contributed by atoms with van der Waals surface area (Å²) in [6.45, 7) is 6.05. The minimum absolute atomic E-state index is 0.0338. The molecule has 1 amide bonds. The van der Waals surface area contributed by atoms with Crippen LogP contribution in [0.4, 0.5) is 0 Å². The summed E-state index contributed by atoms with van der Waals surface area (Å²) < 4.78 is 0. The van der Waals surface area contributed by atoms with Crippen LogP contribution in [0.3, 0.4) is 0 Å². The van der Waals surface area contributed by atoms with Crippen LogP contribution in [0.2, 0.25) is 0 Å². The fourth-order valence-electron chi connectivity index (χ4n) is 1.62. The van der Waals surface area contributed by atoms with Gasteiger partial charge in [0.15, 0.2) is 0 Å². The van der Waals surface area contributed by atoms with Crippen molar-refractivity contribution in [3.63, 3.8) is 0 Å². The van der Waals surface area contributed by atoms with Crippen molar-refractivity contribution in [1.82, 2.24) is 10.3 Å². The predicted molar refractivity (Wildman–Crippen MR) is 76.3 cm³/mol. The van der Waals surface area contributed by atoms with Crippen molar-refractivity contribution in [2.24, 2.45) is 0 Å². The van der Waals surface area contributed by atoms with E-state index in [1.807, 2.05) is 36.1 Å². The van der Waals surface area contributed by atoms with Gasteiger partial charge in [0.2, 0.25) is 0 Å². The van der Waals surface area contributed by atoms with E-state index in [1.54, 1.807) is 11.3 Å². The number of aryl methyl sites for hydroxylation is 1. The van der Waals surface area contributed by atoms with Crippen LogP contribution in [-0.2, 0) is 5.54 Å². The molecule has 2 heterocycles. The molecule has 0 bridgehead atoms. The quantitative estimate of drug-likeness (QED) is 0.930. The van der Waals surface area contributed by atoms with Crippen LogP contribution in [0.1, 0.15) is 41.3 Å². The molecule has 0 aliphatic rings. The summed E-state index contributed by atoms with van der Waals surface area (Å²) in [5.41, 5.74) is 1.32. The highest BCUT2D eigenvalue weighted by atomic mass is 32.1. The molecule has 2 rings (SSSR count). The minimum atomic E-state index is -0.391. The van der Waals surface area contributed by atoms with E-state index in [0.29, 0.717) is 5.56 Å². The molecular weight excluding hydrogens is 264 g/mol. The van der Waals surface area contributed by atoms with Gasteiger partial charge in [-0.05, 0) is 31.7 Å². The Balaban J connectivity index is 2.21. The number of nitrogens with zero attached hydrogens (tertiary/aromatic N) is 1. The Hall–Kier alpha value is -1.20. The Morgan fingerprint density at radius 2 is 2.28 bits per heavy atom. The molecule has 0 radical (unpaired) electrons. The smallest absolute Gasteiger partial charge is 0.252 e. The van der Waals surface area contributed by atoms with E-state index in [2.05, 4.69) is 17.2 Å². The highest BCUT2D eigenvalue weighted by molar-refractivity contribution is 7.09. The van der Waals surface area contributed by atoms with Gasteiger partial charge in [-0.2, -0.15) is 11.3 Å². The highest BCUT2D eigenvalue weighted by Crippen LogP contribution is 2.28. The second-order valence-electron chi connectivity index (χ2n) is 4.45. The van der Waals surface area contributed by atoms with E-state index < -0.39 is 5.54 Å². The van der Waals surface area contributed by atoms with Crippen LogP contribution in [0, 0.1) is 6.92 Å². The van der Waals surface area contributed by atoms with Gasteiger partial charge in [0.1, 0.15) is 5.01 Å². The number of rotatable bonds is 4. The Bertz CT molecular complexity index is 533. The van der Waals surface area contributed by atoms with Crippen LogP contribution in [0.25, 0.3) is 0 Å². The van der Waals surface area contributed by atoms with E-state index in [9.17, 15) is 4.79 Å². The number of carbonyl (C=O) groups is 1. The molecule has 5 heteroatoms. The molecule has 1 atom stereocenters. The van der Waals surface area contributed by atoms with Crippen LogP contribution in [0.5, 0.6) is 0 Å². The van der Waals surface area contributed by atoms with Gasteiger partial charge in [-0.3, -0.25) is 4.79 Å². The predicted octanol–water partition coefficient (Wildman–Crippen LogP) is 3.57. The van der Waals surface area contributed by atoms with E-state index in [0.717, 1.165) is 17.1 Å². The van der Waals surface area contributed by atoms with E-state index >= 15 is 0 Å². The molecule has 0 aliphatic carbocycles. The Labute approximate surface area is 115 Å². The number of thiophene rings is 1. The fourth-order valence-corrected chi connectivity index (χ4v) is 3.24. The lowest BCUT2D eigenvalue weighted by atomic mass is 9.99. The van der Waals surface area contributed by atoms with Gasteiger partial charge in [-0.15, -0.1) is 11.3 Å². The number of thiazole rings is 1. The molecule has 1 N–H and O–H groups in total. The molecule has 18 heavy (non-hydrogen) atoms. The van der Waals surface area contributed by atoms with Crippen molar-refractivity contribution in [2.75, 3.05) is 0 Å². The first-order valence-electron chi connectivity index (χ1n) is 5.82. The number of carbonyl (C=O) groups excluding carboxylic acids is 1. The molecule has 96 valence electrons. The van der Waals surface area contributed by atoms with E-state index in [-0.39, 0.29) is 5.91 Å². The first-order chi connectivity index (χ1) is 8.55. The lowest BCUT2D eigenvalue weighted by molar-refractivity contribution is 0.0902. The van der Waals surface area contributed by atoms with Gasteiger partial charge in [0, 0.05) is 16.5 Å². The van der Waals surface area contributed by atoms with Crippen molar-refractivity contribution < 1.29 is 4.79 Å². The molecule has 0 unspecified atom stereocenters. The standard InChI is InChI=1S/C13H16N2OS2/c1-4-13(3,12-14-9(2)7-18-12)15-11(16)10-5-6-17-8-10/h5-8H,4H2,1-3H3,(H,15,16)/t13-/m1/s1. The van der Waals surface area contributed by atoms with E-state index in [4.69, 9.17) is 0 Å². The molecule has 0 saturated carbocycles. The molecule has 0 fully saturated rings. The van der Waals surface area contributed by atoms with Crippen molar-refractivity contribution >= 4 is 28.6 Å². The maximum atomic E-state index is 12.1. The summed E-state index contributed by atoms with van der Waals surface area (Å²) in [6, 6.07) is 1.84. The van der Waals surface area contributed by atoms with Crippen molar-refractivity contribution in [1.29, 1.82) is 0 Å². The normalized spacial score (nSPS) is 14.2. The molecule has 2 aromatic heterocycles. The van der Waals surface area contributed by atoms with Gasteiger partial charge in [0.05, 0.1) is 11.1 Å². The SMILES string of the molecule is CC[C@@](C)(NC(=O)c1ccsc1)c1nc(C)cs1. The third-order valence-electron chi connectivity index (χ3n) is 2.97. The monoisotopic (exact) mass is 280 g/mol. The summed E-state index contributed by atoms with van der Waals surface area (Å²) in [5, 5.41) is 9.84. The van der Waals surface area contributed by atoms with Gasteiger partial charge in [0.25, 0.3) is 5.91 Å². The fraction of sp³-hybridized carbons (Fsp3) is 0.385. The summed E-state index contributed by atoms with van der Waals surface area (Å²) in [7, 11) is 0. The van der Waals surface area contributed by atoms with Gasteiger partial charge >= 0.3 is 0 Å². The van der Waals surface area contributed by atoms with Gasteiger partial charge in [-0.1, -0.05) is 6.92 Å². The molecule has 0 aromatic carbocycles. The number of hydrogen-bond acceptors (Lipinski definition) is 4. The highest BCUT2D eigenvalue weighted by Gasteiger charge is 2.30. The van der Waals surface area contributed by atoms with Gasteiger partial charge < -0.3 is 5.32 Å². The first kappa shape index (κ1) is 13.2. The molecule has 2 aromatic rings. The Kier molecular flexibility index (Phi) is 3.82. The second-order valence-corrected chi connectivity index (χ2v) is 6.08. The molecule has 0 aliphatic heterocycles. The number of nitrogens with one attached hydrogen (secondary N) is 1. The number of hydrogen-bond donors (Lipinski definition) is 1.